The minimum absolute atomic E-state index is 0.0850. The molecule has 2 N–H and O–H groups in total. The highest BCUT2D eigenvalue weighted by Crippen LogP contribution is 2.26. The molecule has 0 saturated carbocycles. The van der Waals surface area contributed by atoms with E-state index in [2.05, 4.69) is 28.8 Å². The second-order valence-corrected chi connectivity index (χ2v) is 8.57. The lowest BCUT2D eigenvalue weighted by Gasteiger charge is -2.11. The second kappa shape index (κ2) is 9.18. The average molecular weight is 431 g/mol. The first-order valence-corrected chi connectivity index (χ1v) is 10.9. The third kappa shape index (κ3) is 4.86. The highest BCUT2D eigenvalue weighted by atomic mass is 32.2. The number of nitrogens with one attached hydrogen (secondary N) is 2. The first kappa shape index (κ1) is 20.9. The Labute approximate surface area is 185 Å². The number of benzene rings is 3. The van der Waals surface area contributed by atoms with Crippen LogP contribution >= 0.6 is 11.8 Å². The summed E-state index contributed by atoms with van der Waals surface area (Å²) in [5.74, 6) is -0.304. The Morgan fingerprint density at radius 3 is 2.42 bits per heavy atom. The molecule has 5 nitrogen and oxygen atoms in total. The summed E-state index contributed by atoms with van der Waals surface area (Å²) >= 11 is 1.05. The fourth-order valence-corrected chi connectivity index (χ4v) is 4.55. The molecule has 3 aromatic carbocycles. The molecule has 1 heterocycles. The largest absolute Gasteiger partial charge is 0.355 e. The van der Waals surface area contributed by atoms with Crippen LogP contribution in [0.15, 0.2) is 72.8 Å². The van der Waals surface area contributed by atoms with Crippen LogP contribution in [-0.2, 0) is 17.6 Å². The van der Waals surface area contributed by atoms with Crippen LogP contribution in [0.5, 0.6) is 0 Å². The van der Waals surface area contributed by atoms with Gasteiger partial charge in [0.25, 0.3) is 11.1 Å². The van der Waals surface area contributed by atoms with Crippen LogP contribution in [0.3, 0.4) is 0 Å². The Kier molecular flexibility index (Phi) is 6.18. The lowest BCUT2D eigenvalue weighted by Crippen LogP contribution is -2.25. The second-order valence-electron chi connectivity index (χ2n) is 7.40. The van der Waals surface area contributed by atoms with Crippen LogP contribution in [0, 0.1) is 0 Å². The summed E-state index contributed by atoms with van der Waals surface area (Å²) in [5.41, 5.74) is 5.97. The normalized spacial score (nSPS) is 15.6. The highest BCUT2D eigenvalue weighted by molar-refractivity contribution is 8.15. The number of thioether (sulfide) groups is 1. The monoisotopic (exact) mass is 430 g/mol. The molecule has 1 fully saturated rings. The van der Waals surface area contributed by atoms with Crippen molar-refractivity contribution < 1.29 is 14.4 Å². The van der Waals surface area contributed by atoms with Crippen LogP contribution in [0.4, 0.5) is 4.79 Å². The summed E-state index contributed by atoms with van der Waals surface area (Å²) in [6, 6.07) is 24.0. The molecule has 0 radical (unpaired) electrons. The van der Waals surface area contributed by atoms with Gasteiger partial charge in [-0.15, -0.1) is 0 Å². The summed E-state index contributed by atoms with van der Waals surface area (Å²) in [7, 11) is 1.64. The van der Waals surface area contributed by atoms with Crippen molar-refractivity contribution in [2.45, 2.75) is 18.1 Å². The summed E-state index contributed by atoms with van der Waals surface area (Å²) < 4.78 is 0. The van der Waals surface area contributed by atoms with Gasteiger partial charge in [-0.25, -0.2) is 0 Å². The smallest absolute Gasteiger partial charge is 0.286 e. The lowest BCUT2D eigenvalue weighted by molar-refractivity contribution is -0.118. The number of amides is 3. The summed E-state index contributed by atoms with van der Waals surface area (Å²) in [6.07, 6.45) is 1.19. The molecule has 0 spiro atoms. The van der Waals surface area contributed by atoms with Crippen LogP contribution in [0.25, 0.3) is 11.1 Å². The topological polar surface area (TPSA) is 75.3 Å². The number of hydrogen-bond donors (Lipinski definition) is 2. The molecule has 3 aromatic rings. The molecule has 4 rings (SSSR count). The van der Waals surface area contributed by atoms with E-state index in [-0.39, 0.29) is 22.3 Å². The first-order chi connectivity index (χ1) is 15.0. The van der Waals surface area contributed by atoms with Crippen molar-refractivity contribution in [3.63, 3.8) is 0 Å². The van der Waals surface area contributed by atoms with Crippen molar-refractivity contribution >= 4 is 28.8 Å². The van der Waals surface area contributed by atoms with E-state index in [0.717, 1.165) is 39.6 Å². The molecule has 1 saturated heterocycles. The molecule has 0 aromatic heterocycles. The van der Waals surface area contributed by atoms with E-state index < -0.39 is 0 Å². The quantitative estimate of drug-likeness (QED) is 0.615. The predicted molar refractivity (Wildman–Crippen MR) is 123 cm³/mol. The van der Waals surface area contributed by atoms with E-state index in [1.807, 2.05) is 54.6 Å². The van der Waals surface area contributed by atoms with Gasteiger partial charge >= 0.3 is 0 Å². The van der Waals surface area contributed by atoms with Gasteiger partial charge in [0, 0.05) is 12.6 Å². The molecule has 6 heteroatoms. The molecular formula is C25H22N2O3S. The fraction of sp³-hybridized carbons (Fsp3) is 0.160. The molecule has 0 aliphatic carbocycles. The molecule has 1 unspecified atom stereocenters. The SMILES string of the molecule is CNC(=O)c1ccccc1Cc1cccc(-c2ccc(CC3SC(=O)NC3=O)cc2)c1. The maximum Gasteiger partial charge on any atom is 0.286 e. The average Bonchev–Trinajstić information content (AvgIpc) is 3.10. The number of carbonyl (C=O) groups excluding carboxylic acids is 3. The fourth-order valence-electron chi connectivity index (χ4n) is 3.69. The van der Waals surface area contributed by atoms with Crippen molar-refractivity contribution in [2.75, 3.05) is 7.05 Å². The molecule has 31 heavy (non-hydrogen) atoms. The Morgan fingerprint density at radius 2 is 1.71 bits per heavy atom. The maximum atomic E-state index is 12.2. The third-order valence-corrected chi connectivity index (χ3v) is 6.27. The Hall–Kier alpha value is -3.38. The van der Waals surface area contributed by atoms with Crippen molar-refractivity contribution in [1.82, 2.24) is 10.6 Å². The number of imide groups is 1. The van der Waals surface area contributed by atoms with Gasteiger partial charge in [-0.3, -0.25) is 19.7 Å². The first-order valence-electron chi connectivity index (χ1n) is 10.0. The van der Waals surface area contributed by atoms with E-state index in [1.165, 1.54) is 0 Å². The minimum Gasteiger partial charge on any atom is -0.355 e. The van der Waals surface area contributed by atoms with Crippen molar-refractivity contribution in [3.8, 4) is 11.1 Å². The van der Waals surface area contributed by atoms with Crippen LogP contribution < -0.4 is 10.6 Å². The Morgan fingerprint density at radius 1 is 0.935 bits per heavy atom. The van der Waals surface area contributed by atoms with E-state index >= 15 is 0 Å². The van der Waals surface area contributed by atoms with Gasteiger partial charge in [-0.2, -0.15) is 0 Å². The zero-order valence-electron chi connectivity index (χ0n) is 17.1. The van der Waals surface area contributed by atoms with Gasteiger partial charge in [0.15, 0.2) is 0 Å². The molecule has 1 aliphatic heterocycles. The maximum absolute atomic E-state index is 12.2. The van der Waals surface area contributed by atoms with Gasteiger partial charge in [0.1, 0.15) is 0 Å². The van der Waals surface area contributed by atoms with E-state index in [0.29, 0.717) is 18.4 Å². The molecule has 1 aliphatic rings. The number of carbonyl (C=O) groups is 3. The summed E-state index contributed by atoms with van der Waals surface area (Å²) in [4.78, 5) is 35.3. The Bertz CT molecular complexity index is 1140. The van der Waals surface area contributed by atoms with Crippen molar-refractivity contribution in [3.05, 3.63) is 95.1 Å². The standard InChI is InChI=1S/C25H22N2O3S/c1-26-23(28)21-8-3-2-6-20(21)14-17-5-4-7-19(13-17)18-11-9-16(10-12-18)15-22-24(29)27-25(30)31-22/h2-13,22H,14-15H2,1H3,(H,26,28)(H,27,29,30). The zero-order chi connectivity index (χ0) is 21.8. The number of hydrogen-bond acceptors (Lipinski definition) is 4. The lowest BCUT2D eigenvalue weighted by atomic mass is 9.96. The van der Waals surface area contributed by atoms with Crippen LogP contribution in [-0.4, -0.2) is 29.4 Å². The molecule has 1 atom stereocenters. The van der Waals surface area contributed by atoms with Gasteiger partial charge < -0.3 is 5.32 Å². The van der Waals surface area contributed by atoms with Gasteiger partial charge in [-0.05, 0) is 46.7 Å². The summed E-state index contributed by atoms with van der Waals surface area (Å²) in [5, 5.41) is 4.39. The van der Waals surface area contributed by atoms with Gasteiger partial charge in [0.05, 0.1) is 5.25 Å². The van der Waals surface area contributed by atoms with Crippen molar-refractivity contribution in [2.24, 2.45) is 0 Å². The number of rotatable bonds is 6. The van der Waals surface area contributed by atoms with Crippen LogP contribution in [0.1, 0.15) is 27.0 Å². The third-order valence-electron chi connectivity index (χ3n) is 5.29. The minimum atomic E-state index is -0.359. The van der Waals surface area contributed by atoms with Crippen molar-refractivity contribution in [1.29, 1.82) is 0 Å². The zero-order valence-corrected chi connectivity index (χ0v) is 17.9. The summed E-state index contributed by atoms with van der Waals surface area (Å²) in [6.45, 7) is 0. The molecule has 3 amide bonds. The molecular weight excluding hydrogens is 408 g/mol. The Balaban J connectivity index is 1.51. The molecule has 0 bridgehead atoms. The van der Waals surface area contributed by atoms with E-state index in [4.69, 9.17) is 0 Å². The van der Waals surface area contributed by atoms with E-state index in [9.17, 15) is 14.4 Å². The van der Waals surface area contributed by atoms with E-state index in [1.54, 1.807) is 7.05 Å². The molecule has 156 valence electrons. The van der Waals surface area contributed by atoms with Gasteiger partial charge in [-0.1, -0.05) is 78.5 Å². The highest BCUT2D eigenvalue weighted by Gasteiger charge is 2.31. The van der Waals surface area contributed by atoms with Crippen LogP contribution in [0.2, 0.25) is 0 Å². The predicted octanol–water partition coefficient (Wildman–Crippen LogP) is 4.20. The van der Waals surface area contributed by atoms with Gasteiger partial charge in [0.2, 0.25) is 5.91 Å².